The van der Waals surface area contributed by atoms with Gasteiger partial charge in [0, 0.05) is 37.0 Å². The second-order valence-corrected chi connectivity index (χ2v) is 7.62. The first-order valence-corrected chi connectivity index (χ1v) is 8.42. The molecule has 1 heterocycles. The average molecular weight is 285 g/mol. The summed E-state index contributed by atoms with van der Waals surface area (Å²) in [5.74, 6) is 1.92. The lowest BCUT2D eigenvalue weighted by Gasteiger charge is -2.26. The van der Waals surface area contributed by atoms with Gasteiger partial charge in [-0.2, -0.15) is 0 Å². The standard InChI is InChI=1S/C13H23N3O2S/c1-9(2)13-14-10(3)7-12(15-13)16(5)11(4)8-19(6,17)18/h7,9,11H,8H2,1-6H3. The van der Waals surface area contributed by atoms with Crippen LogP contribution in [0.2, 0.25) is 0 Å². The third-order valence-corrected chi connectivity index (χ3v) is 4.03. The van der Waals surface area contributed by atoms with Gasteiger partial charge < -0.3 is 4.90 Å². The monoisotopic (exact) mass is 285 g/mol. The van der Waals surface area contributed by atoms with E-state index in [4.69, 9.17) is 0 Å². The fourth-order valence-electron chi connectivity index (χ4n) is 1.79. The zero-order valence-corrected chi connectivity index (χ0v) is 13.3. The lowest BCUT2D eigenvalue weighted by molar-refractivity contribution is 0.592. The van der Waals surface area contributed by atoms with Crippen LogP contribution in [-0.4, -0.2) is 43.5 Å². The summed E-state index contributed by atoms with van der Waals surface area (Å²) in [7, 11) is -1.14. The predicted molar refractivity (Wildman–Crippen MR) is 78.4 cm³/mol. The topological polar surface area (TPSA) is 63.2 Å². The zero-order chi connectivity index (χ0) is 14.8. The number of sulfone groups is 1. The van der Waals surface area contributed by atoms with Gasteiger partial charge in [0.1, 0.15) is 21.5 Å². The molecule has 0 fully saturated rings. The van der Waals surface area contributed by atoms with Crippen molar-refractivity contribution in [2.75, 3.05) is 24.0 Å². The van der Waals surface area contributed by atoms with Gasteiger partial charge in [0.05, 0.1) is 5.75 Å². The number of hydrogen-bond donors (Lipinski definition) is 0. The van der Waals surface area contributed by atoms with E-state index in [1.807, 2.05) is 45.7 Å². The van der Waals surface area contributed by atoms with Gasteiger partial charge in [0.15, 0.2) is 0 Å². The summed E-state index contributed by atoms with van der Waals surface area (Å²) < 4.78 is 22.7. The van der Waals surface area contributed by atoms with E-state index in [0.717, 1.165) is 17.3 Å². The van der Waals surface area contributed by atoms with E-state index in [1.54, 1.807) is 0 Å². The fraction of sp³-hybridized carbons (Fsp3) is 0.692. The average Bonchev–Trinajstić information content (AvgIpc) is 2.24. The SMILES string of the molecule is Cc1cc(N(C)C(C)CS(C)(=O)=O)nc(C(C)C)n1. The number of rotatable bonds is 5. The second-order valence-electron chi connectivity index (χ2n) is 5.43. The van der Waals surface area contributed by atoms with Gasteiger partial charge in [-0.25, -0.2) is 18.4 Å². The third kappa shape index (κ3) is 4.78. The minimum Gasteiger partial charge on any atom is -0.356 e. The van der Waals surface area contributed by atoms with E-state index < -0.39 is 9.84 Å². The van der Waals surface area contributed by atoms with Crippen LogP contribution in [0.4, 0.5) is 5.82 Å². The molecule has 0 saturated carbocycles. The van der Waals surface area contributed by atoms with Crippen LogP contribution in [0.3, 0.4) is 0 Å². The molecule has 1 aromatic heterocycles. The molecule has 0 aliphatic rings. The van der Waals surface area contributed by atoms with Crippen molar-refractivity contribution in [3.63, 3.8) is 0 Å². The first-order chi connectivity index (χ1) is 8.60. The molecule has 6 heteroatoms. The Morgan fingerprint density at radius 2 is 1.84 bits per heavy atom. The number of aryl methyl sites for hydroxylation is 1. The van der Waals surface area contributed by atoms with E-state index in [9.17, 15) is 8.42 Å². The number of anilines is 1. The Morgan fingerprint density at radius 1 is 1.26 bits per heavy atom. The highest BCUT2D eigenvalue weighted by molar-refractivity contribution is 7.90. The predicted octanol–water partition coefficient (Wildman–Crippen LogP) is 1.78. The number of aromatic nitrogens is 2. The van der Waals surface area contributed by atoms with Crippen LogP contribution in [0.25, 0.3) is 0 Å². The van der Waals surface area contributed by atoms with Crippen LogP contribution in [-0.2, 0) is 9.84 Å². The molecule has 5 nitrogen and oxygen atoms in total. The van der Waals surface area contributed by atoms with Crippen molar-refractivity contribution in [2.24, 2.45) is 0 Å². The minimum absolute atomic E-state index is 0.115. The van der Waals surface area contributed by atoms with Gasteiger partial charge in [-0.1, -0.05) is 13.8 Å². The van der Waals surface area contributed by atoms with Gasteiger partial charge in [-0.05, 0) is 13.8 Å². The van der Waals surface area contributed by atoms with Crippen molar-refractivity contribution < 1.29 is 8.42 Å². The smallest absolute Gasteiger partial charge is 0.149 e. The van der Waals surface area contributed by atoms with E-state index in [-0.39, 0.29) is 17.7 Å². The quantitative estimate of drug-likeness (QED) is 0.825. The molecule has 0 radical (unpaired) electrons. The Kier molecular flexibility index (Phi) is 4.90. The fourth-order valence-corrected chi connectivity index (χ4v) is 2.89. The summed E-state index contributed by atoms with van der Waals surface area (Å²) in [4.78, 5) is 10.8. The zero-order valence-electron chi connectivity index (χ0n) is 12.5. The number of nitrogens with zero attached hydrogens (tertiary/aromatic N) is 3. The highest BCUT2D eigenvalue weighted by atomic mass is 32.2. The lowest BCUT2D eigenvalue weighted by Crippen LogP contribution is -2.35. The normalized spacial score (nSPS) is 13.6. The first kappa shape index (κ1) is 15.9. The largest absolute Gasteiger partial charge is 0.356 e. The Morgan fingerprint density at radius 3 is 2.32 bits per heavy atom. The van der Waals surface area contributed by atoms with E-state index in [0.29, 0.717) is 0 Å². The van der Waals surface area contributed by atoms with Crippen molar-refractivity contribution >= 4 is 15.7 Å². The Hall–Kier alpha value is -1.17. The van der Waals surface area contributed by atoms with Gasteiger partial charge in [-0.3, -0.25) is 0 Å². The van der Waals surface area contributed by atoms with E-state index in [2.05, 4.69) is 9.97 Å². The molecule has 1 unspecified atom stereocenters. The summed E-state index contributed by atoms with van der Waals surface area (Å²) in [5.41, 5.74) is 0.895. The Balaban J connectivity index is 3.02. The van der Waals surface area contributed by atoms with Crippen molar-refractivity contribution in [2.45, 2.75) is 39.7 Å². The highest BCUT2D eigenvalue weighted by Crippen LogP contribution is 2.18. The molecule has 19 heavy (non-hydrogen) atoms. The van der Waals surface area contributed by atoms with Gasteiger partial charge in [0.2, 0.25) is 0 Å². The maximum Gasteiger partial charge on any atom is 0.149 e. The van der Waals surface area contributed by atoms with Gasteiger partial charge in [0.25, 0.3) is 0 Å². The van der Waals surface area contributed by atoms with Crippen molar-refractivity contribution in [1.29, 1.82) is 0 Å². The summed E-state index contributed by atoms with van der Waals surface area (Å²) >= 11 is 0. The molecule has 0 aliphatic carbocycles. The molecule has 0 bridgehead atoms. The molecule has 108 valence electrons. The van der Waals surface area contributed by atoms with Crippen LogP contribution >= 0.6 is 0 Å². The second kappa shape index (κ2) is 5.86. The van der Waals surface area contributed by atoms with Crippen LogP contribution < -0.4 is 4.90 Å². The molecule has 1 atom stereocenters. The van der Waals surface area contributed by atoms with Crippen molar-refractivity contribution in [3.8, 4) is 0 Å². The molecular formula is C13H23N3O2S. The molecule has 0 spiro atoms. The van der Waals surface area contributed by atoms with Crippen LogP contribution in [0.5, 0.6) is 0 Å². The Labute approximate surface area is 116 Å². The molecule has 0 N–H and O–H groups in total. The molecule has 1 rings (SSSR count). The van der Waals surface area contributed by atoms with Crippen LogP contribution in [0.1, 0.15) is 38.2 Å². The van der Waals surface area contributed by atoms with Crippen LogP contribution in [0.15, 0.2) is 6.07 Å². The summed E-state index contributed by atoms with van der Waals surface area (Å²) in [6, 6.07) is 1.76. The molecule has 0 amide bonds. The van der Waals surface area contributed by atoms with Gasteiger partial charge in [-0.15, -0.1) is 0 Å². The molecule has 0 aromatic carbocycles. The van der Waals surface area contributed by atoms with Crippen LogP contribution in [0, 0.1) is 6.92 Å². The van der Waals surface area contributed by atoms with Crippen molar-refractivity contribution in [1.82, 2.24) is 9.97 Å². The van der Waals surface area contributed by atoms with Gasteiger partial charge >= 0.3 is 0 Å². The molecule has 0 aliphatic heterocycles. The maximum atomic E-state index is 11.4. The lowest BCUT2D eigenvalue weighted by atomic mass is 10.2. The highest BCUT2D eigenvalue weighted by Gasteiger charge is 2.18. The molecule has 1 aromatic rings. The summed E-state index contributed by atoms with van der Waals surface area (Å²) in [6.07, 6.45) is 1.25. The maximum absolute atomic E-state index is 11.4. The van der Waals surface area contributed by atoms with E-state index in [1.165, 1.54) is 6.26 Å². The summed E-state index contributed by atoms with van der Waals surface area (Å²) in [5, 5.41) is 0. The summed E-state index contributed by atoms with van der Waals surface area (Å²) in [6.45, 7) is 7.89. The first-order valence-electron chi connectivity index (χ1n) is 6.36. The Bertz CT molecular complexity index is 541. The third-order valence-electron chi connectivity index (χ3n) is 2.94. The molecular weight excluding hydrogens is 262 g/mol. The number of hydrogen-bond acceptors (Lipinski definition) is 5. The minimum atomic E-state index is -3.00. The van der Waals surface area contributed by atoms with E-state index >= 15 is 0 Å². The molecule has 0 saturated heterocycles. The van der Waals surface area contributed by atoms with Crippen molar-refractivity contribution in [3.05, 3.63) is 17.6 Å².